The molecule has 4 heteroatoms. The standard InChI is InChI=1S/C31H26N2O2/c1-5-13-22(14-6-1)28-30(24-17-9-3-10-18-24)34-26(32-28)21-27-33-29(23-15-7-2-8-16-23)31(35-27)25-19-11-4-12-20-25/h1-20,28-31H,21H2. The SMILES string of the molecule is c1ccc(C2N=C(CC3=NC(c4ccccc4)C(c4ccccc4)O3)OC2c2ccccc2)cc1. The van der Waals surface area contributed by atoms with E-state index in [9.17, 15) is 0 Å². The highest BCUT2D eigenvalue weighted by Crippen LogP contribution is 2.43. The normalized spacial score (nSPS) is 23.2. The summed E-state index contributed by atoms with van der Waals surface area (Å²) in [5.74, 6) is 1.32. The number of ether oxygens (including phenoxy) is 2. The van der Waals surface area contributed by atoms with Gasteiger partial charge in [0.15, 0.2) is 24.0 Å². The van der Waals surface area contributed by atoms with Crippen molar-refractivity contribution >= 4 is 11.8 Å². The Hall–Kier alpha value is -4.18. The van der Waals surface area contributed by atoms with Gasteiger partial charge in [0.2, 0.25) is 0 Å². The van der Waals surface area contributed by atoms with Crippen molar-refractivity contribution in [2.45, 2.75) is 30.7 Å². The number of aliphatic imine (C=N–C) groups is 2. The number of nitrogens with zero attached hydrogens (tertiary/aromatic N) is 2. The van der Waals surface area contributed by atoms with Crippen LogP contribution < -0.4 is 0 Å². The zero-order valence-electron chi connectivity index (χ0n) is 19.3. The minimum absolute atomic E-state index is 0.106. The summed E-state index contributed by atoms with van der Waals surface area (Å²) in [7, 11) is 0. The molecule has 4 atom stereocenters. The van der Waals surface area contributed by atoms with E-state index in [4.69, 9.17) is 19.5 Å². The van der Waals surface area contributed by atoms with Crippen molar-refractivity contribution < 1.29 is 9.47 Å². The van der Waals surface area contributed by atoms with Gasteiger partial charge in [-0.1, -0.05) is 121 Å². The third-order valence-corrected chi connectivity index (χ3v) is 6.51. The molecule has 0 radical (unpaired) electrons. The van der Waals surface area contributed by atoms with Crippen molar-refractivity contribution in [3.05, 3.63) is 144 Å². The topological polar surface area (TPSA) is 43.2 Å². The van der Waals surface area contributed by atoms with E-state index in [-0.39, 0.29) is 24.3 Å². The quantitative estimate of drug-likeness (QED) is 0.307. The molecule has 4 aromatic carbocycles. The third kappa shape index (κ3) is 4.47. The van der Waals surface area contributed by atoms with Gasteiger partial charge in [0.05, 0.1) is 6.42 Å². The molecule has 2 aliphatic rings. The van der Waals surface area contributed by atoms with E-state index < -0.39 is 0 Å². The van der Waals surface area contributed by atoms with E-state index >= 15 is 0 Å². The van der Waals surface area contributed by atoms with E-state index in [1.54, 1.807) is 0 Å². The van der Waals surface area contributed by atoms with Gasteiger partial charge < -0.3 is 9.47 Å². The van der Waals surface area contributed by atoms with Crippen LogP contribution in [0.1, 0.15) is 53.0 Å². The molecule has 35 heavy (non-hydrogen) atoms. The van der Waals surface area contributed by atoms with E-state index in [0.717, 1.165) is 22.3 Å². The van der Waals surface area contributed by atoms with Crippen LogP contribution in [-0.4, -0.2) is 11.8 Å². The summed E-state index contributed by atoms with van der Waals surface area (Å²) >= 11 is 0. The van der Waals surface area contributed by atoms with Crippen molar-refractivity contribution in [1.29, 1.82) is 0 Å². The zero-order valence-corrected chi connectivity index (χ0v) is 19.3. The lowest BCUT2D eigenvalue weighted by Gasteiger charge is -2.19. The maximum Gasteiger partial charge on any atom is 0.194 e. The largest absolute Gasteiger partial charge is 0.470 e. The van der Waals surface area contributed by atoms with Crippen molar-refractivity contribution in [1.82, 2.24) is 0 Å². The molecule has 0 saturated heterocycles. The van der Waals surface area contributed by atoms with Crippen molar-refractivity contribution in [2.75, 3.05) is 0 Å². The predicted molar refractivity (Wildman–Crippen MR) is 138 cm³/mol. The van der Waals surface area contributed by atoms with Gasteiger partial charge in [0, 0.05) is 0 Å². The summed E-state index contributed by atoms with van der Waals surface area (Å²) < 4.78 is 12.9. The fourth-order valence-electron chi connectivity index (χ4n) is 4.82. The highest BCUT2D eigenvalue weighted by atomic mass is 16.5. The Kier molecular flexibility index (Phi) is 5.85. The first kappa shape index (κ1) is 21.4. The summed E-state index contributed by atoms with van der Waals surface area (Å²) in [4.78, 5) is 10.0. The van der Waals surface area contributed by atoms with Crippen LogP contribution >= 0.6 is 0 Å². The van der Waals surface area contributed by atoms with Crippen LogP contribution in [0.4, 0.5) is 0 Å². The third-order valence-electron chi connectivity index (χ3n) is 6.51. The molecule has 4 unspecified atom stereocenters. The van der Waals surface area contributed by atoms with Crippen LogP contribution in [0, 0.1) is 0 Å². The Morgan fingerprint density at radius 3 is 1.09 bits per heavy atom. The van der Waals surface area contributed by atoms with Crippen LogP contribution in [-0.2, 0) is 9.47 Å². The van der Waals surface area contributed by atoms with Crippen molar-refractivity contribution in [2.24, 2.45) is 9.98 Å². The van der Waals surface area contributed by atoms with Gasteiger partial charge in [0.1, 0.15) is 12.1 Å². The lowest BCUT2D eigenvalue weighted by molar-refractivity contribution is 0.183. The molecule has 0 fully saturated rings. The van der Waals surface area contributed by atoms with Gasteiger partial charge in [0.25, 0.3) is 0 Å². The molecule has 0 aromatic heterocycles. The maximum atomic E-state index is 6.45. The molecule has 4 nitrogen and oxygen atoms in total. The zero-order chi connectivity index (χ0) is 23.5. The molecule has 0 amide bonds. The second-order valence-electron chi connectivity index (χ2n) is 8.83. The molecule has 2 aliphatic heterocycles. The summed E-state index contributed by atoms with van der Waals surface area (Å²) in [6, 6.07) is 41.0. The molecule has 4 aromatic rings. The second-order valence-corrected chi connectivity index (χ2v) is 8.83. The van der Waals surface area contributed by atoms with Crippen LogP contribution in [0.2, 0.25) is 0 Å². The highest BCUT2D eigenvalue weighted by Gasteiger charge is 2.37. The minimum atomic E-state index is -0.176. The van der Waals surface area contributed by atoms with Crippen LogP contribution in [0.15, 0.2) is 131 Å². The lowest BCUT2D eigenvalue weighted by Crippen LogP contribution is -2.13. The molecule has 6 rings (SSSR count). The Labute approximate surface area is 205 Å². The highest BCUT2D eigenvalue weighted by molar-refractivity contribution is 5.98. The summed E-state index contributed by atoms with van der Waals surface area (Å²) in [5.41, 5.74) is 4.49. The van der Waals surface area contributed by atoms with Crippen molar-refractivity contribution in [3.63, 3.8) is 0 Å². The molecule has 2 heterocycles. The van der Waals surface area contributed by atoms with E-state index in [0.29, 0.717) is 18.2 Å². The number of hydrogen-bond donors (Lipinski definition) is 0. The first-order valence-electron chi connectivity index (χ1n) is 12.0. The fraction of sp³-hybridized carbons (Fsp3) is 0.161. The average molecular weight is 459 g/mol. The smallest absolute Gasteiger partial charge is 0.194 e. The summed E-state index contributed by atoms with van der Waals surface area (Å²) in [6.07, 6.45) is 0.0789. The van der Waals surface area contributed by atoms with Gasteiger partial charge in [-0.05, 0) is 22.3 Å². The van der Waals surface area contributed by atoms with Gasteiger partial charge in [-0.3, -0.25) is 0 Å². The fourth-order valence-corrected chi connectivity index (χ4v) is 4.82. The lowest BCUT2D eigenvalue weighted by atomic mass is 9.97. The van der Waals surface area contributed by atoms with Crippen LogP contribution in [0.3, 0.4) is 0 Å². The molecular formula is C31H26N2O2. The maximum absolute atomic E-state index is 6.45. The molecular weight excluding hydrogens is 432 g/mol. The van der Waals surface area contributed by atoms with E-state index in [1.807, 2.05) is 72.8 Å². The first-order valence-corrected chi connectivity index (χ1v) is 12.0. The average Bonchev–Trinajstić information content (AvgIpc) is 3.56. The monoisotopic (exact) mass is 458 g/mol. The summed E-state index contributed by atoms with van der Waals surface area (Å²) in [5, 5.41) is 0. The molecule has 0 saturated carbocycles. The van der Waals surface area contributed by atoms with Gasteiger partial charge >= 0.3 is 0 Å². The Bertz CT molecular complexity index is 1220. The molecule has 172 valence electrons. The Morgan fingerprint density at radius 2 is 0.743 bits per heavy atom. The minimum Gasteiger partial charge on any atom is -0.470 e. The van der Waals surface area contributed by atoms with E-state index in [2.05, 4.69) is 48.5 Å². The summed E-state index contributed by atoms with van der Waals surface area (Å²) in [6.45, 7) is 0. The molecule has 0 spiro atoms. The molecule has 0 N–H and O–H groups in total. The van der Waals surface area contributed by atoms with Gasteiger partial charge in [-0.25, -0.2) is 9.98 Å². The number of benzene rings is 4. The number of rotatable bonds is 6. The van der Waals surface area contributed by atoms with Gasteiger partial charge in [-0.2, -0.15) is 0 Å². The van der Waals surface area contributed by atoms with Crippen molar-refractivity contribution in [3.8, 4) is 0 Å². The Morgan fingerprint density at radius 1 is 0.429 bits per heavy atom. The number of hydrogen-bond acceptors (Lipinski definition) is 4. The van der Waals surface area contributed by atoms with Crippen LogP contribution in [0.25, 0.3) is 0 Å². The van der Waals surface area contributed by atoms with E-state index in [1.165, 1.54) is 0 Å². The molecule has 0 bridgehead atoms. The van der Waals surface area contributed by atoms with Crippen LogP contribution in [0.5, 0.6) is 0 Å². The van der Waals surface area contributed by atoms with Gasteiger partial charge in [-0.15, -0.1) is 0 Å². The second kappa shape index (κ2) is 9.59. The molecule has 0 aliphatic carbocycles. The first-order chi connectivity index (χ1) is 17.3. The Balaban J connectivity index is 1.29. The predicted octanol–water partition coefficient (Wildman–Crippen LogP) is 7.20.